The maximum atomic E-state index is 10.8. The molecule has 2 aliphatic rings. The first kappa shape index (κ1) is 35.4. The van der Waals surface area contributed by atoms with Gasteiger partial charge in [-0.05, 0) is 66.1 Å². The van der Waals surface area contributed by atoms with E-state index in [1.807, 2.05) is 84.9 Å². The van der Waals surface area contributed by atoms with Crippen molar-refractivity contribution in [1.82, 2.24) is 0 Å². The third-order valence-corrected chi connectivity index (χ3v) is 7.54. The second-order valence-corrected chi connectivity index (χ2v) is 11.2. The van der Waals surface area contributed by atoms with Crippen molar-refractivity contribution < 1.29 is 33.2 Å². The fraction of sp³-hybridized carbons (Fsp3) is 0.308. The van der Waals surface area contributed by atoms with Gasteiger partial charge in [-0.25, -0.2) is 0 Å². The van der Waals surface area contributed by atoms with Gasteiger partial charge in [0.15, 0.2) is 12.4 Å². The lowest BCUT2D eigenvalue weighted by Crippen LogP contribution is -2.23. The molecule has 0 N–H and O–H groups in total. The van der Waals surface area contributed by atoms with Gasteiger partial charge < -0.3 is 28.4 Å². The van der Waals surface area contributed by atoms with E-state index in [0.29, 0.717) is 25.7 Å². The third kappa shape index (κ3) is 12.0. The molecule has 0 bridgehead atoms. The molecular weight excluding hydrogens is 616 g/mol. The predicted octanol–water partition coefficient (Wildman–Crippen LogP) is 8.15. The first-order chi connectivity index (χ1) is 23.1. The Morgan fingerprint density at radius 3 is 1.68 bits per heavy atom. The molecule has 4 aromatic rings. The molecule has 0 aromatic heterocycles. The molecule has 248 valence electrons. The van der Waals surface area contributed by atoms with Gasteiger partial charge in [-0.1, -0.05) is 72.8 Å². The first-order valence-electron chi connectivity index (χ1n) is 15.7. The van der Waals surface area contributed by atoms with Crippen LogP contribution in [0.25, 0.3) is 0 Å². The van der Waals surface area contributed by atoms with Crippen LogP contribution in [0.1, 0.15) is 35.1 Å². The number of aryl methyl sites for hydroxylation is 2. The van der Waals surface area contributed by atoms with E-state index in [-0.39, 0.29) is 12.2 Å². The summed E-state index contributed by atoms with van der Waals surface area (Å²) in [5, 5.41) is 0. The van der Waals surface area contributed by atoms with Crippen molar-refractivity contribution in [3.05, 3.63) is 132 Å². The van der Waals surface area contributed by atoms with E-state index in [4.69, 9.17) is 35.3 Å². The summed E-state index contributed by atoms with van der Waals surface area (Å²) >= 11 is 5.18. The van der Waals surface area contributed by atoms with Crippen LogP contribution in [0, 0.1) is 0 Å². The van der Waals surface area contributed by atoms with Gasteiger partial charge in [0.05, 0.1) is 20.0 Å². The van der Waals surface area contributed by atoms with Gasteiger partial charge in [0.1, 0.15) is 42.3 Å². The number of carbonyl (C=O) groups is 1. The molecular formula is C39H43ClO7. The maximum absolute atomic E-state index is 10.8. The summed E-state index contributed by atoms with van der Waals surface area (Å²) < 4.78 is 32.7. The Morgan fingerprint density at radius 1 is 0.723 bits per heavy atom. The maximum Gasteiger partial charge on any atom is 0.160 e. The quantitative estimate of drug-likeness (QED) is 0.0915. The highest BCUT2D eigenvalue weighted by atomic mass is 35.5. The monoisotopic (exact) mass is 658 g/mol. The highest BCUT2D eigenvalue weighted by Crippen LogP contribution is 2.33. The SMILES string of the molecule is CO/C=C/C1CCc2ccc(OCc3ccccc3)cc2O1.COCCCl.O=CC1CCc2ccc(OCc3ccccc3)cc2O1. The van der Waals surface area contributed by atoms with E-state index in [1.54, 1.807) is 20.5 Å². The Hall–Kier alpha value is -4.46. The zero-order valence-electron chi connectivity index (χ0n) is 27.0. The largest absolute Gasteiger partial charge is 0.505 e. The van der Waals surface area contributed by atoms with Gasteiger partial charge in [0.25, 0.3) is 0 Å². The minimum Gasteiger partial charge on any atom is -0.505 e. The van der Waals surface area contributed by atoms with Crippen LogP contribution in [0.2, 0.25) is 0 Å². The van der Waals surface area contributed by atoms with E-state index >= 15 is 0 Å². The molecule has 8 heteroatoms. The molecule has 0 amide bonds. The number of halogens is 1. The summed E-state index contributed by atoms with van der Waals surface area (Å²) in [7, 11) is 3.27. The van der Waals surface area contributed by atoms with Gasteiger partial charge in [0.2, 0.25) is 0 Å². The second-order valence-electron chi connectivity index (χ2n) is 10.9. The normalized spacial score (nSPS) is 16.0. The molecule has 4 aromatic carbocycles. The number of carbonyl (C=O) groups excluding carboxylic acids is 1. The van der Waals surface area contributed by atoms with Crippen LogP contribution < -0.4 is 18.9 Å². The lowest BCUT2D eigenvalue weighted by molar-refractivity contribution is -0.114. The lowest BCUT2D eigenvalue weighted by atomic mass is 10.0. The van der Waals surface area contributed by atoms with Crippen molar-refractivity contribution in [3.8, 4) is 23.0 Å². The molecule has 2 aliphatic heterocycles. The second kappa shape index (κ2) is 19.9. The molecule has 0 fully saturated rings. The Kier molecular flexibility index (Phi) is 15.0. The van der Waals surface area contributed by atoms with Crippen LogP contribution in [0.3, 0.4) is 0 Å². The van der Waals surface area contributed by atoms with Gasteiger partial charge in [-0.15, -0.1) is 11.6 Å². The highest BCUT2D eigenvalue weighted by Gasteiger charge is 2.20. The van der Waals surface area contributed by atoms with E-state index in [9.17, 15) is 4.79 Å². The van der Waals surface area contributed by atoms with Crippen LogP contribution >= 0.6 is 11.6 Å². The van der Waals surface area contributed by atoms with E-state index in [0.717, 1.165) is 71.7 Å². The van der Waals surface area contributed by atoms with Crippen molar-refractivity contribution in [2.75, 3.05) is 26.7 Å². The number of rotatable bonds is 11. The molecule has 0 aliphatic carbocycles. The Bertz CT molecular complexity index is 1510. The minimum atomic E-state index is -0.327. The number of aldehydes is 1. The summed E-state index contributed by atoms with van der Waals surface area (Å²) in [5.74, 6) is 3.86. The number of methoxy groups -OCH3 is 2. The van der Waals surface area contributed by atoms with Gasteiger partial charge in [-0.3, -0.25) is 4.79 Å². The number of hydrogen-bond acceptors (Lipinski definition) is 7. The van der Waals surface area contributed by atoms with Crippen molar-refractivity contribution in [1.29, 1.82) is 0 Å². The molecule has 2 heterocycles. The highest BCUT2D eigenvalue weighted by molar-refractivity contribution is 6.17. The molecule has 6 rings (SSSR count). The minimum absolute atomic E-state index is 0.0665. The van der Waals surface area contributed by atoms with Crippen LogP contribution in [0.5, 0.6) is 23.0 Å². The summed E-state index contributed by atoms with van der Waals surface area (Å²) in [5.41, 5.74) is 4.64. The average Bonchev–Trinajstić information content (AvgIpc) is 3.13. The van der Waals surface area contributed by atoms with Crippen molar-refractivity contribution in [2.45, 2.75) is 51.1 Å². The summed E-state index contributed by atoms with van der Waals surface area (Å²) in [6.45, 7) is 1.74. The molecule has 0 radical (unpaired) electrons. The zero-order valence-corrected chi connectivity index (χ0v) is 27.8. The average molecular weight is 659 g/mol. The van der Waals surface area contributed by atoms with Crippen molar-refractivity contribution >= 4 is 17.9 Å². The molecule has 2 unspecified atom stereocenters. The summed E-state index contributed by atoms with van der Waals surface area (Å²) in [6, 6.07) is 32.1. The molecule has 47 heavy (non-hydrogen) atoms. The van der Waals surface area contributed by atoms with E-state index in [2.05, 4.69) is 22.9 Å². The fourth-order valence-corrected chi connectivity index (χ4v) is 5.03. The van der Waals surface area contributed by atoms with Gasteiger partial charge in [-0.2, -0.15) is 0 Å². The van der Waals surface area contributed by atoms with Crippen LogP contribution in [0.15, 0.2) is 109 Å². The van der Waals surface area contributed by atoms with E-state index < -0.39 is 0 Å². The number of fused-ring (bicyclic) bond motifs is 2. The fourth-order valence-electron chi connectivity index (χ4n) is 4.88. The Labute approximate surface area is 283 Å². The standard InChI is InChI=1S/C19H20O3.C17H16O3.C3H7ClO/c1-20-12-11-17-9-7-16-8-10-18(13-19(16)22-17)21-14-15-5-3-2-4-6-15;18-11-16-9-7-14-6-8-15(10-17(14)20-16)19-12-13-4-2-1-3-5-13;1-5-3-2-4/h2-6,8,10-13,17H,7,9,14H2,1H3;1-6,8,10-11,16H,7,9,12H2;2-3H2,1H3/b12-11+;;. The zero-order chi connectivity index (χ0) is 33.1. The lowest BCUT2D eigenvalue weighted by Gasteiger charge is -2.24. The van der Waals surface area contributed by atoms with Crippen molar-refractivity contribution in [2.24, 2.45) is 0 Å². The number of benzene rings is 4. The van der Waals surface area contributed by atoms with E-state index in [1.165, 1.54) is 5.56 Å². The van der Waals surface area contributed by atoms with Crippen molar-refractivity contribution in [3.63, 3.8) is 0 Å². The smallest absolute Gasteiger partial charge is 0.160 e. The summed E-state index contributed by atoms with van der Waals surface area (Å²) in [4.78, 5) is 10.8. The Morgan fingerprint density at radius 2 is 1.23 bits per heavy atom. The predicted molar refractivity (Wildman–Crippen MR) is 185 cm³/mol. The number of ether oxygens (including phenoxy) is 6. The molecule has 2 atom stereocenters. The molecule has 0 spiro atoms. The van der Waals surface area contributed by atoms with Crippen LogP contribution in [-0.2, 0) is 40.3 Å². The number of hydrogen-bond donors (Lipinski definition) is 0. The Balaban J connectivity index is 0.000000187. The topological polar surface area (TPSA) is 72.5 Å². The van der Waals surface area contributed by atoms with Crippen LogP contribution in [-0.4, -0.2) is 45.2 Å². The molecule has 7 nitrogen and oxygen atoms in total. The summed E-state index contributed by atoms with van der Waals surface area (Å²) in [6.07, 6.45) is 7.82. The van der Waals surface area contributed by atoms with Gasteiger partial charge >= 0.3 is 0 Å². The van der Waals surface area contributed by atoms with Crippen LogP contribution in [0.4, 0.5) is 0 Å². The molecule has 0 saturated heterocycles. The van der Waals surface area contributed by atoms with Gasteiger partial charge in [0, 0.05) is 25.1 Å². The first-order valence-corrected chi connectivity index (χ1v) is 16.3. The molecule has 0 saturated carbocycles. The third-order valence-electron chi connectivity index (χ3n) is 7.39. The number of alkyl halides is 1.